The summed E-state index contributed by atoms with van der Waals surface area (Å²) in [6.45, 7) is 3.74. The molecule has 0 aliphatic carbocycles. The predicted molar refractivity (Wildman–Crippen MR) is 69.3 cm³/mol. The topological polar surface area (TPSA) is 37.9 Å². The van der Waals surface area contributed by atoms with E-state index < -0.39 is 0 Å². The highest BCUT2D eigenvalue weighted by Gasteiger charge is 2.20. The summed E-state index contributed by atoms with van der Waals surface area (Å²) in [5.74, 6) is 1.36. The monoisotopic (exact) mass is 302 g/mol. The quantitative estimate of drug-likeness (QED) is 0.870. The maximum atomic E-state index is 5.38. The van der Waals surface area contributed by atoms with E-state index in [0.717, 1.165) is 48.5 Å². The van der Waals surface area contributed by atoms with Crippen LogP contribution in [0.1, 0.15) is 37.2 Å². The van der Waals surface area contributed by atoms with Crippen molar-refractivity contribution in [3.63, 3.8) is 0 Å². The van der Waals surface area contributed by atoms with Gasteiger partial charge < -0.3 is 9.72 Å². The maximum Gasteiger partial charge on any atom is 0.144 e. The lowest BCUT2D eigenvalue weighted by Crippen LogP contribution is -2.07. The van der Waals surface area contributed by atoms with Crippen LogP contribution >= 0.6 is 28.1 Å². The Bertz CT molecular complexity index is 426. The fourth-order valence-corrected chi connectivity index (χ4v) is 2.50. The summed E-state index contributed by atoms with van der Waals surface area (Å²) >= 11 is 8.75. The zero-order valence-electron chi connectivity index (χ0n) is 9.25. The van der Waals surface area contributed by atoms with Gasteiger partial charge in [-0.1, -0.05) is 25.6 Å². The summed E-state index contributed by atoms with van der Waals surface area (Å²) in [6, 6.07) is 0. The summed E-state index contributed by atoms with van der Waals surface area (Å²) in [6.07, 6.45) is 3.12. The van der Waals surface area contributed by atoms with Crippen LogP contribution in [0.2, 0.25) is 0 Å². The number of ether oxygens (including phenoxy) is 1. The van der Waals surface area contributed by atoms with Crippen molar-refractivity contribution in [1.29, 1.82) is 0 Å². The first kappa shape index (κ1) is 12.2. The molecule has 1 aliphatic rings. The van der Waals surface area contributed by atoms with Crippen LogP contribution in [-0.4, -0.2) is 23.2 Å². The zero-order chi connectivity index (χ0) is 11.5. The molecule has 0 aromatic carbocycles. The third-order valence-corrected chi connectivity index (χ3v) is 4.18. The number of rotatable bonds is 3. The molecule has 0 saturated carbocycles. The summed E-state index contributed by atoms with van der Waals surface area (Å²) in [7, 11) is 0. The molecular formula is C11H15BrN2OS. The molecule has 0 spiro atoms. The highest BCUT2D eigenvalue weighted by molar-refractivity contribution is 9.10. The molecule has 88 valence electrons. The van der Waals surface area contributed by atoms with Crippen LogP contribution in [0.3, 0.4) is 0 Å². The smallest absolute Gasteiger partial charge is 0.144 e. The SMILES string of the molecule is CCCc1[nH]c(C2CCOC2)nc(=S)c1Br. The Morgan fingerprint density at radius 3 is 3.06 bits per heavy atom. The van der Waals surface area contributed by atoms with Crippen LogP contribution in [0.15, 0.2) is 4.47 Å². The van der Waals surface area contributed by atoms with Crippen molar-refractivity contribution in [2.45, 2.75) is 32.1 Å². The molecule has 1 aromatic heterocycles. The number of H-pyrrole nitrogens is 1. The van der Waals surface area contributed by atoms with Gasteiger partial charge in [0.15, 0.2) is 0 Å². The van der Waals surface area contributed by atoms with E-state index in [9.17, 15) is 0 Å². The Balaban J connectivity index is 2.35. The Morgan fingerprint density at radius 2 is 2.44 bits per heavy atom. The molecule has 1 saturated heterocycles. The number of halogens is 1. The molecule has 0 amide bonds. The van der Waals surface area contributed by atoms with Crippen LogP contribution < -0.4 is 0 Å². The minimum Gasteiger partial charge on any atom is -0.381 e. The molecule has 1 fully saturated rings. The number of nitrogens with one attached hydrogen (secondary N) is 1. The van der Waals surface area contributed by atoms with Gasteiger partial charge in [-0.25, -0.2) is 4.98 Å². The first-order valence-corrected chi connectivity index (χ1v) is 6.78. The van der Waals surface area contributed by atoms with Crippen molar-refractivity contribution in [2.75, 3.05) is 13.2 Å². The molecule has 1 aliphatic heterocycles. The summed E-state index contributed by atoms with van der Waals surface area (Å²) in [5, 5.41) is 0. The van der Waals surface area contributed by atoms with Gasteiger partial charge in [0.2, 0.25) is 0 Å². The van der Waals surface area contributed by atoms with Crippen LogP contribution in [0.5, 0.6) is 0 Å². The summed E-state index contributed by atoms with van der Waals surface area (Å²) < 4.78 is 6.97. The molecular weight excluding hydrogens is 288 g/mol. The van der Waals surface area contributed by atoms with E-state index >= 15 is 0 Å². The van der Waals surface area contributed by atoms with E-state index in [2.05, 4.69) is 32.8 Å². The van der Waals surface area contributed by atoms with E-state index in [-0.39, 0.29) is 0 Å². The van der Waals surface area contributed by atoms with Crippen molar-refractivity contribution >= 4 is 28.1 Å². The Morgan fingerprint density at radius 1 is 1.62 bits per heavy atom. The molecule has 2 heterocycles. The fraction of sp³-hybridized carbons (Fsp3) is 0.636. The minimum atomic E-state index is 0.380. The van der Waals surface area contributed by atoms with Gasteiger partial charge in [0, 0.05) is 18.2 Å². The lowest BCUT2D eigenvalue weighted by atomic mass is 10.1. The van der Waals surface area contributed by atoms with E-state index in [1.54, 1.807) is 0 Å². The Kier molecular flexibility index (Phi) is 4.10. The van der Waals surface area contributed by atoms with Crippen molar-refractivity contribution < 1.29 is 4.74 Å². The third-order valence-electron chi connectivity index (χ3n) is 2.77. The van der Waals surface area contributed by atoms with E-state index in [1.165, 1.54) is 0 Å². The van der Waals surface area contributed by atoms with Gasteiger partial charge in [0.05, 0.1) is 11.1 Å². The van der Waals surface area contributed by atoms with Crippen molar-refractivity contribution in [3.8, 4) is 0 Å². The van der Waals surface area contributed by atoms with E-state index in [4.69, 9.17) is 17.0 Å². The first-order valence-electron chi connectivity index (χ1n) is 5.58. The van der Waals surface area contributed by atoms with Crippen LogP contribution in [0.4, 0.5) is 0 Å². The van der Waals surface area contributed by atoms with Gasteiger partial charge in [-0.05, 0) is 28.8 Å². The molecule has 16 heavy (non-hydrogen) atoms. The highest BCUT2D eigenvalue weighted by Crippen LogP contribution is 2.25. The van der Waals surface area contributed by atoms with Gasteiger partial charge in [-0.2, -0.15) is 0 Å². The number of hydrogen-bond acceptors (Lipinski definition) is 3. The third kappa shape index (κ3) is 2.52. The minimum absolute atomic E-state index is 0.380. The average Bonchev–Trinajstić information content (AvgIpc) is 2.78. The van der Waals surface area contributed by atoms with Crippen LogP contribution in [0.25, 0.3) is 0 Å². The number of aromatic nitrogens is 2. The predicted octanol–water partition coefficient (Wildman–Crippen LogP) is 3.36. The highest BCUT2D eigenvalue weighted by atomic mass is 79.9. The Labute approximate surface area is 109 Å². The van der Waals surface area contributed by atoms with Crippen molar-refractivity contribution in [1.82, 2.24) is 9.97 Å². The van der Waals surface area contributed by atoms with E-state index in [1.807, 2.05) is 0 Å². The average molecular weight is 303 g/mol. The normalized spacial score (nSPS) is 20.2. The van der Waals surface area contributed by atoms with Crippen molar-refractivity contribution in [3.05, 3.63) is 20.6 Å². The van der Waals surface area contributed by atoms with Gasteiger partial charge >= 0.3 is 0 Å². The molecule has 5 heteroatoms. The van der Waals surface area contributed by atoms with Crippen LogP contribution in [-0.2, 0) is 11.2 Å². The van der Waals surface area contributed by atoms with Gasteiger partial charge in [0.25, 0.3) is 0 Å². The fourth-order valence-electron chi connectivity index (χ4n) is 1.89. The van der Waals surface area contributed by atoms with E-state index in [0.29, 0.717) is 10.6 Å². The standard InChI is InChI=1S/C11H15BrN2OS/c1-2-3-8-9(12)11(16)14-10(13-8)7-4-5-15-6-7/h7H,2-6H2,1H3,(H,13,14,16). The first-order chi connectivity index (χ1) is 7.72. The molecule has 1 atom stereocenters. The molecule has 0 bridgehead atoms. The lowest BCUT2D eigenvalue weighted by molar-refractivity contribution is 0.193. The second kappa shape index (κ2) is 5.38. The van der Waals surface area contributed by atoms with Crippen molar-refractivity contribution in [2.24, 2.45) is 0 Å². The number of aryl methyl sites for hydroxylation is 1. The lowest BCUT2D eigenvalue weighted by Gasteiger charge is -2.11. The van der Waals surface area contributed by atoms with Gasteiger partial charge in [-0.3, -0.25) is 0 Å². The molecule has 2 rings (SSSR count). The molecule has 1 N–H and O–H groups in total. The summed E-state index contributed by atoms with van der Waals surface area (Å²) in [5.41, 5.74) is 1.16. The number of nitrogens with zero attached hydrogens (tertiary/aromatic N) is 1. The number of hydrogen-bond donors (Lipinski definition) is 1. The molecule has 0 radical (unpaired) electrons. The largest absolute Gasteiger partial charge is 0.381 e. The zero-order valence-corrected chi connectivity index (χ0v) is 11.7. The second-order valence-corrected chi connectivity index (χ2v) is 5.21. The summed E-state index contributed by atoms with van der Waals surface area (Å²) in [4.78, 5) is 7.82. The molecule has 1 aromatic rings. The van der Waals surface area contributed by atoms with Crippen LogP contribution in [0, 0.1) is 4.64 Å². The van der Waals surface area contributed by atoms with Gasteiger partial charge in [0.1, 0.15) is 10.5 Å². The number of aromatic amines is 1. The van der Waals surface area contributed by atoms with Gasteiger partial charge in [-0.15, -0.1) is 0 Å². The molecule has 1 unspecified atom stereocenters. The molecule has 3 nitrogen and oxygen atoms in total. The maximum absolute atomic E-state index is 5.38. The Hall–Kier alpha value is -0.260. The second-order valence-electron chi connectivity index (χ2n) is 4.03.